The number of carboxylic acid groups (broad SMARTS) is 1. The molecule has 0 bridgehead atoms. The molecule has 0 saturated carbocycles. The predicted molar refractivity (Wildman–Crippen MR) is 169 cm³/mol. The summed E-state index contributed by atoms with van der Waals surface area (Å²) in [7, 11) is 0. The number of aromatic nitrogens is 4. The molecule has 0 radical (unpaired) electrons. The van der Waals surface area contributed by atoms with E-state index >= 15 is 0 Å². The second-order valence-corrected chi connectivity index (χ2v) is 11.4. The van der Waals surface area contributed by atoms with Gasteiger partial charge < -0.3 is 30.5 Å². The highest BCUT2D eigenvalue weighted by Crippen LogP contribution is 2.13. The minimum atomic E-state index is -1.07. The first-order chi connectivity index (χ1) is 21.9. The number of H-pyrrole nitrogens is 1. The Morgan fingerprint density at radius 3 is 1.93 bits per heavy atom. The molecule has 0 saturated heterocycles. The number of tetrazole rings is 1. The summed E-state index contributed by atoms with van der Waals surface area (Å²) >= 11 is 0. The number of unbranched alkanes of at least 4 members (excludes halogenated alkanes) is 13. The second-order valence-electron chi connectivity index (χ2n) is 11.4. The number of aromatic amines is 1. The lowest BCUT2D eigenvalue weighted by molar-refractivity contribution is -0.141. The summed E-state index contributed by atoms with van der Waals surface area (Å²) in [6.45, 7) is 3.02. The highest BCUT2D eigenvalue weighted by Gasteiger charge is 2.17. The van der Waals surface area contributed by atoms with E-state index in [9.17, 15) is 19.2 Å². The van der Waals surface area contributed by atoms with Gasteiger partial charge in [-0.1, -0.05) is 75.8 Å². The smallest absolute Gasteiger partial charge is 0.326 e. The summed E-state index contributed by atoms with van der Waals surface area (Å²) in [5.74, 6) is -0.853. The molecule has 0 aliphatic carbocycles. The molecule has 0 aromatic carbocycles. The summed E-state index contributed by atoms with van der Waals surface area (Å²) in [6, 6.07) is -0.914. The van der Waals surface area contributed by atoms with E-state index in [0.717, 1.165) is 31.5 Å². The summed E-state index contributed by atoms with van der Waals surface area (Å²) in [6.07, 6.45) is 18.8. The molecule has 5 N–H and O–H groups in total. The van der Waals surface area contributed by atoms with Gasteiger partial charge in [-0.15, -0.1) is 10.2 Å². The molecule has 1 heterocycles. The van der Waals surface area contributed by atoms with Gasteiger partial charge in [0.25, 0.3) is 0 Å². The molecule has 3 amide bonds. The molecule has 1 rings (SSSR count). The predicted octanol–water partition coefficient (Wildman–Crippen LogP) is 3.23. The van der Waals surface area contributed by atoms with Crippen molar-refractivity contribution < 1.29 is 33.8 Å². The Kier molecular flexibility index (Phi) is 25.1. The van der Waals surface area contributed by atoms with Gasteiger partial charge in [-0.2, -0.15) is 5.21 Å². The molecular weight excluding hydrogens is 582 g/mol. The molecule has 1 atom stereocenters. The first-order valence-electron chi connectivity index (χ1n) is 16.8. The van der Waals surface area contributed by atoms with Crippen molar-refractivity contribution in [3.05, 3.63) is 5.82 Å². The van der Waals surface area contributed by atoms with Crippen LogP contribution in [0.4, 0.5) is 0 Å². The highest BCUT2D eigenvalue weighted by molar-refractivity contribution is 5.82. The fourth-order valence-corrected chi connectivity index (χ4v) is 4.79. The van der Waals surface area contributed by atoms with Crippen LogP contribution in [0.3, 0.4) is 0 Å². The Bertz CT molecular complexity index is 903. The molecule has 0 aliphatic heterocycles. The number of rotatable bonds is 31. The maximum Gasteiger partial charge on any atom is 0.326 e. The Balaban J connectivity index is 1.77. The Morgan fingerprint density at radius 2 is 1.33 bits per heavy atom. The van der Waals surface area contributed by atoms with Gasteiger partial charge in [-0.05, 0) is 32.1 Å². The first kappa shape index (κ1) is 39.9. The van der Waals surface area contributed by atoms with E-state index in [4.69, 9.17) is 14.6 Å². The lowest BCUT2D eigenvalue weighted by Crippen LogP contribution is -2.39. The lowest BCUT2D eigenvalue weighted by Gasteiger charge is -2.13. The van der Waals surface area contributed by atoms with Crippen molar-refractivity contribution in [2.24, 2.45) is 0 Å². The van der Waals surface area contributed by atoms with E-state index in [-0.39, 0.29) is 30.9 Å². The second kappa shape index (κ2) is 28.4. The molecule has 0 fully saturated rings. The van der Waals surface area contributed by atoms with Crippen LogP contribution in [0.25, 0.3) is 0 Å². The van der Waals surface area contributed by atoms with Crippen LogP contribution in [0, 0.1) is 0 Å². The summed E-state index contributed by atoms with van der Waals surface area (Å²) < 4.78 is 10.7. The molecule has 258 valence electrons. The van der Waals surface area contributed by atoms with E-state index in [1.165, 1.54) is 71.1 Å². The number of carboxylic acids is 1. The van der Waals surface area contributed by atoms with Crippen LogP contribution in [-0.4, -0.2) is 95.0 Å². The number of nitrogens with zero attached hydrogens (tertiary/aromatic N) is 3. The number of carbonyl (C=O) groups excluding carboxylic acids is 3. The van der Waals surface area contributed by atoms with E-state index in [1.54, 1.807) is 0 Å². The average Bonchev–Trinajstić information content (AvgIpc) is 3.53. The normalized spacial score (nSPS) is 11.7. The standard InChI is InChI=1S/C31H57N7O7/c1-26(39)34-27(31(42)43)17-15-16-20-32-30(41)25-45-24-23-44-22-21-33-29(40)19-14-12-10-8-6-4-2-3-5-7-9-11-13-18-28-35-37-38-36-28/h27H,2-25H2,1H3,(H,32,41)(H,33,40)(H,34,39)(H,42,43)(H,35,36,37,38)/t27-/m0/s1. The van der Waals surface area contributed by atoms with E-state index in [1.807, 2.05) is 0 Å². The minimum absolute atomic E-state index is 0.0509. The van der Waals surface area contributed by atoms with E-state index < -0.39 is 12.0 Å². The molecule has 14 heteroatoms. The number of hydrogen-bond donors (Lipinski definition) is 5. The van der Waals surface area contributed by atoms with Crippen LogP contribution in [0.2, 0.25) is 0 Å². The maximum atomic E-state index is 12.0. The van der Waals surface area contributed by atoms with Crippen molar-refractivity contribution in [2.45, 2.75) is 129 Å². The molecule has 1 aromatic heterocycles. The van der Waals surface area contributed by atoms with Gasteiger partial charge >= 0.3 is 5.97 Å². The van der Waals surface area contributed by atoms with Gasteiger partial charge in [0, 0.05) is 32.9 Å². The number of ether oxygens (including phenoxy) is 2. The number of nitrogens with one attached hydrogen (secondary N) is 4. The zero-order chi connectivity index (χ0) is 32.8. The number of carbonyl (C=O) groups is 4. The van der Waals surface area contributed by atoms with Crippen LogP contribution >= 0.6 is 0 Å². The number of hydrogen-bond acceptors (Lipinski definition) is 9. The summed E-state index contributed by atoms with van der Waals surface area (Å²) in [4.78, 5) is 45.9. The zero-order valence-corrected chi connectivity index (χ0v) is 27.3. The van der Waals surface area contributed by atoms with Crippen LogP contribution in [-0.2, 0) is 35.1 Å². The fraction of sp³-hybridized carbons (Fsp3) is 0.839. The van der Waals surface area contributed by atoms with Gasteiger partial charge in [0.1, 0.15) is 12.6 Å². The van der Waals surface area contributed by atoms with Gasteiger partial charge in [0.2, 0.25) is 17.7 Å². The Morgan fingerprint density at radius 1 is 0.733 bits per heavy atom. The third-order valence-electron chi connectivity index (χ3n) is 7.28. The van der Waals surface area contributed by atoms with Crippen molar-refractivity contribution in [1.29, 1.82) is 0 Å². The first-order valence-corrected chi connectivity index (χ1v) is 16.8. The van der Waals surface area contributed by atoms with E-state index in [0.29, 0.717) is 52.0 Å². The quantitative estimate of drug-likeness (QED) is 0.0752. The van der Waals surface area contributed by atoms with Crippen LogP contribution < -0.4 is 16.0 Å². The molecule has 1 aromatic rings. The number of amides is 3. The lowest BCUT2D eigenvalue weighted by atomic mass is 10.0. The van der Waals surface area contributed by atoms with Crippen molar-refractivity contribution in [2.75, 3.05) is 39.5 Å². The summed E-state index contributed by atoms with van der Waals surface area (Å²) in [5, 5.41) is 31.0. The number of aliphatic carboxylic acids is 1. The minimum Gasteiger partial charge on any atom is -0.480 e. The molecular formula is C31H57N7O7. The zero-order valence-electron chi connectivity index (χ0n) is 27.3. The van der Waals surface area contributed by atoms with Crippen molar-refractivity contribution in [3.8, 4) is 0 Å². The van der Waals surface area contributed by atoms with Gasteiger partial charge in [-0.25, -0.2) is 4.79 Å². The largest absolute Gasteiger partial charge is 0.480 e. The van der Waals surface area contributed by atoms with Crippen LogP contribution in [0.5, 0.6) is 0 Å². The molecule has 14 nitrogen and oxygen atoms in total. The molecule has 0 aliphatic rings. The van der Waals surface area contributed by atoms with Gasteiger partial charge in [-0.3, -0.25) is 14.4 Å². The SMILES string of the molecule is CC(=O)N[C@@H](CCCCNC(=O)COCCOCCNC(=O)CCCCCCCCCCCCCCCc1nn[nH]n1)C(=O)O. The fourth-order valence-electron chi connectivity index (χ4n) is 4.79. The van der Waals surface area contributed by atoms with E-state index in [2.05, 4.69) is 36.6 Å². The highest BCUT2D eigenvalue weighted by atomic mass is 16.5. The maximum absolute atomic E-state index is 12.0. The number of aryl methyl sites for hydroxylation is 1. The average molecular weight is 640 g/mol. The van der Waals surface area contributed by atoms with Crippen molar-refractivity contribution >= 4 is 23.7 Å². The third kappa shape index (κ3) is 25.9. The molecule has 0 spiro atoms. The van der Waals surface area contributed by atoms with Crippen molar-refractivity contribution in [3.63, 3.8) is 0 Å². The van der Waals surface area contributed by atoms with Crippen LogP contribution in [0.15, 0.2) is 0 Å². The monoisotopic (exact) mass is 639 g/mol. The van der Waals surface area contributed by atoms with Gasteiger partial charge in [0.15, 0.2) is 5.82 Å². The Labute approximate surface area is 267 Å². The van der Waals surface area contributed by atoms with Crippen molar-refractivity contribution in [1.82, 2.24) is 36.6 Å². The van der Waals surface area contributed by atoms with Crippen LogP contribution in [0.1, 0.15) is 122 Å². The topological polar surface area (TPSA) is 198 Å². The molecule has 45 heavy (non-hydrogen) atoms. The Hall–Kier alpha value is -3.13. The van der Waals surface area contributed by atoms with Gasteiger partial charge in [0.05, 0.1) is 19.8 Å². The molecule has 0 unspecified atom stereocenters. The summed E-state index contributed by atoms with van der Waals surface area (Å²) in [5.41, 5.74) is 0. The third-order valence-corrected chi connectivity index (χ3v) is 7.28.